The highest BCUT2D eigenvalue weighted by atomic mass is 14.7. The third kappa shape index (κ3) is 2.09. The lowest BCUT2D eigenvalue weighted by Gasteiger charge is -2.00. The Hall–Kier alpha value is -2.02. The Balaban J connectivity index is 1.83. The van der Waals surface area contributed by atoms with Gasteiger partial charge in [-0.3, -0.25) is 0 Å². The molecule has 0 amide bonds. The van der Waals surface area contributed by atoms with Gasteiger partial charge in [0.2, 0.25) is 0 Å². The standard InChI is InChI=1S/C16H15N/c1-2-6-13(7-3-1)10-11-14-12-17-16-9-5-4-8-15(14)16/h1-9,12,17H,10-11H2/i5T. The first-order valence-corrected chi connectivity index (χ1v) is 5.93. The van der Waals surface area contributed by atoms with Crippen LogP contribution in [-0.2, 0) is 12.8 Å². The maximum Gasteiger partial charge on any atom is 0.0623 e. The van der Waals surface area contributed by atoms with Crippen molar-refractivity contribution in [3.05, 3.63) is 71.9 Å². The summed E-state index contributed by atoms with van der Waals surface area (Å²) >= 11 is 0. The molecule has 1 heterocycles. The van der Waals surface area contributed by atoms with Crippen LogP contribution in [0.4, 0.5) is 0 Å². The van der Waals surface area contributed by atoms with Crippen LogP contribution in [0.3, 0.4) is 0 Å². The number of H-pyrrole nitrogens is 1. The lowest BCUT2D eigenvalue weighted by atomic mass is 10.0. The van der Waals surface area contributed by atoms with Crippen LogP contribution in [0.5, 0.6) is 0 Å². The maximum atomic E-state index is 7.60. The van der Waals surface area contributed by atoms with Crippen molar-refractivity contribution in [2.45, 2.75) is 12.8 Å². The van der Waals surface area contributed by atoms with Crippen molar-refractivity contribution in [1.29, 1.82) is 0 Å². The molecule has 3 rings (SSSR count). The zero-order valence-corrected chi connectivity index (χ0v) is 9.61. The van der Waals surface area contributed by atoms with E-state index in [1.807, 2.05) is 24.3 Å². The van der Waals surface area contributed by atoms with Crippen molar-refractivity contribution in [2.24, 2.45) is 0 Å². The van der Waals surface area contributed by atoms with Crippen LogP contribution in [0.1, 0.15) is 12.5 Å². The molecule has 0 fully saturated rings. The van der Waals surface area contributed by atoms with Gasteiger partial charge in [-0.15, -0.1) is 0 Å². The number of rotatable bonds is 3. The van der Waals surface area contributed by atoms with Crippen LogP contribution in [-0.4, -0.2) is 4.98 Å². The minimum atomic E-state index is 0.555. The lowest BCUT2D eigenvalue weighted by Crippen LogP contribution is -1.89. The van der Waals surface area contributed by atoms with Crippen LogP contribution in [0.2, 0.25) is 0 Å². The lowest BCUT2D eigenvalue weighted by molar-refractivity contribution is 0.968. The topological polar surface area (TPSA) is 15.8 Å². The van der Waals surface area contributed by atoms with Crippen LogP contribution in [0, 0.1) is 0 Å². The summed E-state index contributed by atoms with van der Waals surface area (Å²) < 4.78 is 7.60. The van der Waals surface area contributed by atoms with E-state index in [2.05, 4.69) is 35.4 Å². The molecule has 0 saturated carbocycles. The van der Waals surface area contributed by atoms with Gasteiger partial charge in [-0.1, -0.05) is 48.5 Å². The average molecular weight is 223 g/mol. The van der Waals surface area contributed by atoms with Crippen LogP contribution < -0.4 is 0 Å². The molecular weight excluding hydrogens is 206 g/mol. The number of hydrogen-bond acceptors (Lipinski definition) is 0. The van der Waals surface area contributed by atoms with Crippen LogP contribution in [0.25, 0.3) is 10.9 Å². The molecule has 2 aromatic carbocycles. The van der Waals surface area contributed by atoms with E-state index in [9.17, 15) is 0 Å². The summed E-state index contributed by atoms with van der Waals surface area (Å²) in [5.74, 6) is 0. The number of aromatic amines is 1. The van der Waals surface area contributed by atoms with Gasteiger partial charge in [0.15, 0.2) is 0 Å². The van der Waals surface area contributed by atoms with Gasteiger partial charge >= 0.3 is 0 Å². The molecule has 84 valence electrons. The molecule has 0 aliphatic carbocycles. The molecular formula is C16H15N. The van der Waals surface area contributed by atoms with Gasteiger partial charge in [-0.2, -0.15) is 0 Å². The second kappa shape index (κ2) is 4.46. The first kappa shape index (κ1) is 9.06. The van der Waals surface area contributed by atoms with E-state index < -0.39 is 0 Å². The van der Waals surface area contributed by atoms with Crippen molar-refractivity contribution in [2.75, 3.05) is 0 Å². The Morgan fingerprint density at radius 2 is 1.82 bits per heavy atom. The molecule has 3 aromatic rings. The van der Waals surface area contributed by atoms with Crippen molar-refractivity contribution in [3.8, 4) is 0 Å². The molecule has 0 aliphatic rings. The Labute approximate surface area is 103 Å². The summed E-state index contributed by atoms with van der Waals surface area (Å²) in [6, 6.07) is 16.9. The van der Waals surface area contributed by atoms with Gasteiger partial charge in [-0.25, -0.2) is 0 Å². The fourth-order valence-corrected chi connectivity index (χ4v) is 2.20. The summed E-state index contributed by atoms with van der Waals surface area (Å²) in [4.78, 5) is 3.25. The molecule has 1 N–H and O–H groups in total. The number of aryl methyl sites for hydroxylation is 2. The summed E-state index contributed by atoms with van der Waals surface area (Å²) in [6.07, 6.45) is 4.14. The molecule has 0 atom stereocenters. The third-order valence-electron chi connectivity index (χ3n) is 3.14. The summed E-state index contributed by atoms with van der Waals surface area (Å²) in [5.41, 5.74) is 3.75. The van der Waals surface area contributed by atoms with Gasteiger partial charge in [0.05, 0.1) is 1.37 Å². The second-order valence-corrected chi connectivity index (χ2v) is 4.27. The predicted octanol–water partition coefficient (Wildman–Crippen LogP) is 3.95. The Bertz CT molecular complexity index is 655. The third-order valence-corrected chi connectivity index (χ3v) is 3.14. The number of benzene rings is 2. The molecule has 17 heavy (non-hydrogen) atoms. The fraction of sp³-hybridized carbons (Fsp3) is 0.125. The van der Waals surface area contributed by atoms with Gasteiger partial charge in [-0.05, 0) is 30.0 Å². The van der Waals surface area contributed by atoms with Crippen molar-refractivity contribution in [1.82, 2.24) is 4.98 Å². The summed E-state index contributed by atoms with van der Waals surface area (Å²) in [5, 5.41) is 1.24. The Morgan fingerprint density at radius 1 is 0.941 bits per heavy atom. The summed E-state index contributed by atoms with van der Waals surface area (Å²) in [6.45, 7) is 0. The summed E-state index contributed by atoms with van der Waals surface area (Å²) in [7, 11) is 0. The van der Waals surface area contributed by atoms with Gasteiger partial charge < -0.3 is 4.98 Å². The molecule has 1 aromatic heterocycles. The number of hydrogen-bond donors (Lipinski definition) is 1. The molecule has 0 radical (unpaired) electrons. The normalized spacial score (nSPS) is 11.6. The first-order chi connectivity index (χ1) is 8.83. The minimum absolute atomic E-state index is 0.555. The van der Waals surface area contributed by atoms with Crippen molar-refractivity contribution in [3.63, 3.8) is 0 Å². The first-order valence-electron chi connectivity index (χ1n) is 6.43. The van der Waals surface area contributed by atoms with E-state index in [4.69, 9.17) is 1.37 Å². The number of fused-ring (bicyclic) bond motifs is 1. The predicted molar refractivity (Wildman–Crippen MR) is 72.1 cm³/mol. The Kier molecular flexibility index (Phi) is 2.38. The highest BCUT2D eigenvalue weighted by Gasteiger charge is 2.02. The fourth-order valence-electron chi connectivity index (χ4n) is 2.20. The molecule has 0 spiro atoms. The molecule has 1 nitrogen and oxygen atoms in total. The second-order valence-electron chi connectivity index (χ2n) is 4.27. The van der Waals surface area contributed by atoms with E-state index in [-0.39, 0.29) is 0 Å². The van der Waals surface area contributed by atoms with E-state index in [1.165, 1.54) is 16.5 Å². The largest absolute Gasteiger partial charge is 0.361 e. The van der Waals surface area contributed by atoms with Crippen molar-refractivity contribution >= 4 is 10.9 Å². The van der Waals surface area contributed by atoms with E-state index in [1.54, 1.807) is 0 Å². The highest BCUT2D eigenvalue weighted by molar-refractivity contribution is 5.83. The molecule has 0 saturated heterocycles. The van der Waals surface area contributed by atoms with Crippen LogP contribution in [0.15, 0.2) is 60.8 Å². The zero-order valence-electron chi connectivity index (χ0n) is 10.6. The SMILES string of the molecule is [3H]c1ccc2c(CCc3ccccc3)c[nH]c2c1. The average Bonchev–Trinajstić information content (AvgIpc) is 2.80. The smallest absolute Gasteiger partial charge is 0.0623 e. The Morgan fingerprint density at radius 3 is 2.71 bits per heavy atom. The monoisotopic (exact) mass is 223 g/mol. The van der Waals surface area contributed by atoms with Gasteiger partial charge in [0.1, 0.15) is 0 Å². The molecule has 0 aliphatic heterocycles. The number of para-hydroxylation sites is 1. The van der Waals surface area contributed by atoms with E-state index in [0.29, 0.717) is 6.04 Å². The molecule has 1 heteroatoms. The van der Waals surface area contributed by atoms with Crippen molar-refractivity contribution < 1.29 is 1.37 Å². The minimum Gasteiger partial charge on any atom is -0.361 e. The van der Waals surface area contributed by atoms with E-state index >= 15 is 0 Å². The molecule has 0 unspecified atom stereocenters. The van der Waals surface area contributed by atoms with E-state index in [0.717, 1.165) is 18.4 Å². The molecule has 0 bridgehead atoms. The zero-order chi connectivity index (χ0) is 12.4. The van der Waals surface area contributed by atoms with Gasteiger partial charge in [0, 0.05) is 17.1 Å². The van der Waals surface area contributed by atoms with Gasteiger partial charge in [0.25, 0.3) is 0 Å². The quantitative estimate of drug-likeness (QED) is 0.692. The number of aromatic nitrogens is 1. The van der Waals surface area contributed by atoms with Crippen LogP contribution >= 0.6 is 0 Å². The highest BCUT2D eigenvalue weighted by Crippen LogP contribution is 2.19. The maximum absolute atomic E-state index is 7.60. The number of nitrogens with one attached hydrogen (secondary N) is 1.